The molecule has 0 bridgehead atoms. The molecule has 2 atom stereocenters. The second-order valence-electron chi connectivity index (χ2n) is 6.87. The summed E-state index contributed by atoms with van der Waals surface area (Å²) in [6, 6.07) is 5.34. The van der Waals surface area contributed by atoms with Crippen LogP contribution >= 0.6 is 0 Å². The molecule has 1 N–H and O–H groups in total. The van der Waals surface area contributed by atoms with Crippen molar-refractivity contribution in [3.63, 3.8) is 0 Å². The van der Waals surface area contributed by atoms with Gasteiger partial charge in [-0.2, -0.15) is 10.2 Å². The summed E-state index contributed by atoms with van der Waals surface area (Å²) in [5, 5.41) is 11.4. The maximum Gasteiger partial charge on any atom is 0.293 e. The van der Waals surface area contributed by atoms with Crippen LogP contribution in [0.15, 0.2) is 40.0 Å². The molecule has 4 rings (SSSR count). The van der Waals surface area contributed by atoms with E-state index in [1.54, 1.807) is 24.5 Å². The number of hydrogen-bond donors (Lipinski definition) is 1. The van der Waals surface area contributed by atoms with Gasteiger partial charge in [0.2, 0.25) is 5.91 Å². The Morgan fingerprint density at radius 2 is 2.23 bits per heavy atom. The van der Waals surface area contributed by atoms with E-state index >= 15 is 0 Å². The van der Waals surface area contributed by atoms with E-state index in [4.69, 9.17) is 4.42 Å². The van der Waals surface area contributed by atoms with E-state index in [1.165, 1.54) is 21.9 Å². The van der Waals surface area contributed by atoms with Crippen molar-refractivity contribution >= 4 is 11.4 Å². The molecule has 3 heterocycles. The second kappa shape index (κ2) is 6.78. The van der Waals surface area contributed by atoms with E-state index in [2.05, 4.69) is 22.4 Å². The van der Waals surface area contributed by atoms with Crippen LogP contribution in [-0.4, -0.2) is 31.3 Å². The van der Waals surface area contributed by atoms with Crippen molar-refractivity contribution in [1.82, 2.24) is 24.7 Å². The molecule has 0 radical (unpaired) electrons. The van der Waals surface area contributed by atoms with Crippen LogP contribution in [0, 0.1) is 5.92 Å². The zero-order valence-electron chi connectivity index (χ0n) is 14.6. The van der Waals surface area contributed by atoms with Gasteiger partial charge in [-0.15, -0.1) is 0 Å². The first-order valence-corrected chi connectivity index (χ1v) is 8.90. The van der Waals surface area contributed by atoms with Gasteiger partial charge < -0.3 is 9.73 Å². The van der Waals surface area contributed by atoms with Gasteiger partial charge in [0.25, 0.3) is 5.56 Å². The summed E-state index contributed by atoms with van der Waals surface area (Å²) < 4.78 is 7.88. The van der Waals surface area contributed by atoms with Crippen LogP contribution in [-0.2, 0) is 11.3 Å². The summed E-state index contributed by atoms with van der Waals surface area (Å²) in [6.07, 6.45) is 7.44. The Hall–Kier alpha value is -2.90. The second-order valence-corrected chi connectivity index (χ2v) is 6.87. The highest BCUT2D eigenvalue weighted by Gasteiger charge is 2.23. The van der Waals surface area contributed by atoms with Crippen LogP contribution in [0.5, 0.6) is 0 Å². The summed E-state index contributed by atoms with van der Waals surface area (Å²) >= 11 is 0. The molecule has 3 aromatic heterocycles. The Kier molecular flexibility index (Phi) is 4.32. The lowest BCUT2D eigenvalue weighted by atomic mass is 9.86. The smallest absolute Gasteiger partial charge is 0.293 e. The van der Waals surface area contributed by atoms with E-state index in [-0.39, 0.29) is 24.1 Å². The minimum Gasteiger partial charge on any atom is -0.463 e. The van der Waals surface area contributed by atoms with E-state index in [9.17, 15) is 9.59 Å². The normalized spacial score (nSPS) is 20.3. The van der Waals surface area contributed by atoms with E-state index in [0.717, 1.165) is 19.3 Å². The average Bonchev–Trinajstić information content (AvgIpc) is 3.29. The van der Waals surface area contributed by atoms with Crippen molar-refractivity contribution in [3.05, 3.63) is 41.1 Å². The van der Waals surface area contributed by atoms with Gasteiger partial charge >= 0.3 is 0 Å². The maximum absolute atomic E-state index is 12.6. The molecular weight excluding hydrogens is 334 g/mol. The third-order valence-corrected chi connectivity index (χ3v) is 5.01. The average molecular weight is 355 g/mol. The van der Waals surface area contributed by atoms with Gasteiger partial charge in [-0.1, -0.05) is 19.8 Å². The fraction of sp³-hybridized carbons (Fsp3) is 0.444. The molecule has 0 spiro atoms. The molecule has 26 heavy (non-hydrogen) atoms. The molecule has 1 aliphatic rings. The Morgan fingerprint density at radius 1 is 1.38 bits per heavy atom. The fourth-order valence-corrected chi connectivity index (χ4v) is 3.51. The van der Waals surface area contributed by atoms with Gasteiger partial charge in [-0.25, -0.2) is 9.20 Å². The van der Waals surface area contributed by atoms with Crippen LogP contribution in [0.1, 0.15) is 32.6 Å². The first kappa shape index (κ1) is 16.6. The number of rotatable bonds is 4. The van der Waals surface area contributed by atoms with Crippen LogP contribution in [0.4, 0.5) is 0 Å². The van der Waals surface area contributed by atoms with Crippen molar-refractivity contribution in [2.75, 3.05) is 0 Å². The molecule has 136 valence electrons. The van der Waals surface area contributed by atoms with Crippen molar-refractivity contribution in [2.24, 2.45) is 5.92 Å². The SMILES string of the molecule is C[C@@H]1CCCC[C@@H]1NC(=O)Cn1ncn2nc(-c3ccco3)cc2c1=O. The largest absolute Gasteiger partial charge is 0.463 e. The Labute approximate surface area is 149 Å². The van der Waals surface area contributed by atoms with Gasteiger partial charge in [-0.3, -0.25) is 9.59 Å². The molecule has 1 saturated carbocycles. The van der Waals surface area contributed by atoms with Gasteiger partial charge in [0.1, 0.15) is 24.1 Å². The monoisotopic (exact) mass is 355 g/mol. The lowest BCUT2D eigenvalue weighted by molar-refractivity contribution is -0.123. The summed E-state index contributed by atoms with van der Waals surface area (Å²) in [7, 11) is 0. The third kappa shape index (κ3) is 3.14. The van der Waals surface area contributed by atoms with Crippen molar-refractivity contribution in [2.45, 2.75) is 45.2 Å². The molecule has 1 fully saturated rings. The summed E-state index contributed by atoms with van der Waals surface area (Å²) in [5.74, 6) is 0.850. The zero-order chi connectivity index (χ0) is 18.1. The molecule has 0 unspecified atom stereocenters. The molecule has 3 aromatic rings. The molecule has 0 saturated heterocycles. The Balaban J connectivity index is 1.54. The number of furan rings is 1. The summed E-state index contributed by atoms with van der Waals surface area (Å²) in [5.41, 5.74) is 0.544. The minimum absolute atomic E-state index is 0.0974. The number of nitrogens with zero attached hydrogens (tertiary/aromatic N) is 4. The third-order valence-electron chi connectivity index (χ3n) is 5.01. The predicted molar refractivity (Wildman–Crippen MR) is 94.5 cm³/mol. The fourth-order valence-electron chi connectivity index (χ4n) is 3.51. The van der Waals surface area contributed by atoms with Gasteiger partial charge in [0.15, 0.2) is 5.76 Å². The number of amides is 1. The van der Waals surface area contributed by atoms with E-state index < -0.39 is 0 Å². The van der Waals surface area contributed by atoms with Crippen LogP contribution < -0.4 is 10.9 Å². The van der Waals surface area contributed by atoms with Gasteiger partial charge in [0.05, 0.1) is 6.26 Å². The number of fused-ring (bicyclic) bond motifs is 1. The van der Waals surface area contributed by atoms with Crippen LogP contribution in [0.3, 0.4) is 0 Å². The maximum atomic E-state index is 12.6. The first-order chi connectivity index (χ1) is 12.6. The van der Waals surface area contributed by atoms with Crippen molar-refractivity contribution in [3.8, 4) is 11.5 Å². The number of hydrogen-bond acceptors (Lipinski definition) is 5. The molecular formula is C18H21N5O3. The molecule has 8 heteroatoms. The number of carbonyl (C=O) groups excluding carboxylic acids is 1. The topological polar surface area (TPSA) is 94.4 Å². The highest BCUT2D eigenvalue weighted by atomic mass is 16.3. The lowest BCUT2D eigenvalue weighted by Crippen LogP contribution is -2.44. The quantitative estimate of drug-likeness (QED) is 0.771. The number of nitrogens with one attached hydrogen (secondary N) is 1. The van der Waals surface area contributed by atoms with Crippen LogP contribution in [0.25, 0.3) is 17.0 Å². The number of carbonyl (C=O) groups is 1. The molecule has 0 aliphatic heterocycles. The molecule has 0 aromatic carbocycles. The highest BCUT2D eigenvalue weighted by molar-refractivity contribution is 5.76. The van der Waals surface area contributed by atoms with E-state index in [0.29, 0.717) is 22.9 Å². The summed E-state index contributed by atoms with van der Waals surface area (Å²) in [4.78, 5) is 25.0. The zero-order valence-corrected chi connectivity index (χ0v) is 14.6. The van der Waals surface area contributed by atoms with Gasteiger partial charge in [0, 0.05) is 12.1 Å². The standard InChI is InChI=1S/C18H21N5O3/c1-12-5-2-3-6-13(12)20-17(24)10-22-18(25)15-9-14(16-7-4-8-26-16)21-23(15)11-19-22/h4,7-9,11-13H,2-3,5-6,10H2,1H3,(H,20,24)/t12-,13+/m1/s1. The Bertz CT molecular complexity index is 973. The highest BCUT2D eigenvalue weighted by Crippen LogP contribution is 2.23. The molecule has 8 nitrogen and oxygen atoms in total. The Morgan fingerprint density at radius 3 is 3.00 bits per heavy atom. The molecule has 1 amide bonds. The van der Waals surface area contributed by atoms with E-state index in [1.807, 2.05) is 0 Å². The minimum atomic E-state index is -0.357. The van der Waals surface area contributed by atoms with Gasteiger partial charge in [-0.05, 0) is 30.9 Å². The van der Waals surface area contributed by atoms with Crippen LogP contribution in [0.2, 0.25) is 0 Å². The molecule has 1 aliphatic carbocycles. The number of aromatic nitrogens is 4. The lowest BCUT2D eigenvalue weighted by Gasteiger charge is -2.29. The summed E-state index contributed by atoms with van der Waals surface area (Å²) in [6.45, 7) is 2.06. The van der Waals surface area contributed by atoms with Crippen molar-refractivity contribution < 1.29 is 9.21 Å². The van der Waals surface area contributed by atoms with Crippen molar-refractivity contribution in [1.29, 1.82) is 0 Å². The first-order valence-electron chi connectivity index (χ1n) is 8.90. The predicted octanol–water partition coefficient (Wildman–Crippen LogP) is 1.85.